The molecule has 1 fully saturated rings. The van der Waals surface area contributed by atoms with E-state index in [0.29, 0.717) is 0 Å². The van der Waals surface area contributed by atoms with Gasteiger partial charge in [0.05, 0.1) is 17.8 Å². The maximum Gasteiger partial charge on any atom is 0.0890 e. The normalized spacial score (nSPS) is 20.1. The number of nitrogens with zero attached hydrogens (tertiary/aromatic N) is 2. The van der Waals surface area contributed by atoms with E-state index in [4.69, 9.17) is 10.6 Å². The fraction of sp³-hybridized carbons (Fsp3) is 0.812. The van der Waals surface area contributed by atoms with E-state index >= 15 is 0 Å². The van der Waals surface area contributed by atoms with Gasteiger partial charge in [0.15, 0.2) is 0 Å². The van der Waals surface area contributed by atoms with E-state index in [0.717, 1.165) is 38.0 Å². The molecule has 0 aromatic carbocycles. The topological polar surface area (TPSA) is 65.1 Å². The first-order valence-electron chi connectivity index (χ1n) is 8.38. The standard InChI is InChI=1S/C16H30N4O/c1-3-11-20-13-14(12-18-20)15(19-17)16(21-4-2)9-7-5-6-8-10-16/h12-13,15,19H,3-11,17H2,1-2H3. The van der Waals surface area contributed by atoms with E-state index in [-0.39, 0.29) is 11.6 Å². The molecule has 0 spiro atoms. The Morgan fingerprint density at radius 3 is 2.62 bits per heavy atom. The number of rotatable bonds is 7. The quantitative estimate of drug-likeness (QED) is 0.461. The van der Waals surface area contributed by atoms with Crippen LogP contribution < -0.4 is 11.3 Å². The van der Waals surface area contributed by atoms with Crippen LogP contribution in [0.15, 0.2) is 12.4 Å². The maximum absolute atomic E-state index is 6.25. The van der Waals surface area contributed by atoms with Crippen molar-refractivity contribution < 1.29 is 4.74 Å². The molecule has 0 radical (unpaired) electrons. The summed E-state index contributed by atoms with van der Waals surface area (Å²) in [6.45, 7) is 5.90. The molecule has 1 atom stereocenters. The SMILES string of the molecule is CCCn1cc(C(NN)C2(OCC)CCCCCC2)cn1. The zero-order valence-corrected chi connectivity index (χ0v) is 13.5. The molecular weight excluding hydrogens is 264 g/mol. The predicted octanol–water partition coefficient (Wildman–Crippen LogP) is 2.93. The molecule has 120 valence electrons. The fourth-order valence-electron chi connectivity index (χ4n) is 3.56. The van der Waals surface area contributed by atoms with Crippen molar-refractivity contribution >= 4 is 0 Å². The highest BCUT2D eigenvalue weighted by Crippen LogP contribution is 2.40. The van der Waals surface area contributed by atoms with Crippen molar-refractivity contribution in [3.05, 3.63) is 18.0 Å². The van der Waals surface area contributed by atoms with Gasteiger partial charge in [-0.25, -0.2) is 5.43 Å². The van der Waals surface area contributed by atoms with Crippen molar-refractivity contribution in [1.82, 2.24) is 15.2 Å². The lowest BCUT2D eigenvalue weighted by molar-refractivity contribution is -0.0783. The van der Waals surface area contributed by atoms with Gasteiger partial charge in [-0.2, -0.15) is 5.10 Å². The summed E-state index contributed by atoms with van der Waals surface area (Å²) in [7, 11) is 0. The molecular formula is C16H30N4O. The Bertz CT molecular complexity index is 410. The summed E-state index contributed by atoms with van der Waals surface area (Å²) in [5.74, 6) is 5.92. The third-order valence-corrected chi connectivity index (χ3v) is 4.51. The smallest absolute Gasteiger partial charge is 0.0890 e. The number of aryl methyl sites for hydroxylation is 1. The molecule has 1 aliphatic rings. The Hall–Kier alpha value is -0.910. The van der Waals surface area contributed by atoms with Crippen LogP contribution in [0.3, 0.4) is 0 Å². The Morgan fingerprint density at radius 1 is 1.33 bits per heavy atom. The third-order valence-electron chi connectivity index (χ3n) is 4.51. The molecule has 5 heteroatoms. The summed E-state index contributed by atoms with van der Waals surface area (Å²) in [6.07, 6.45) is 12.3. The molecule has 1 aromatic heterocycles. The van der Waals surface area contributed by atoms with Gasteiger partial charge in [-0.15, -0.1) is 0 Å². The van der Waals surface area contributed by atoms with Crippen LogP contribution in [0.5, 0.6) is 0 Å². The van der Waals surface area contributed by atoms with Crippen LogP contribution in [0.25, 0.3) is 0 Å². The highest BCUT2D eigenvalue weighted by atomic mass is 16.5. The number of hydrogen-bond donors (Lipinski definition) is 2. The van der Waals surface area contributed by atoms with Crippen molar-refractivity contribution in [3.63, 3.8) is 0 Å². The highest BCUT2D eigenvalue weighted by Gasteiger charge is 2.40. The first kappa shape index (κ1) is 16.5. The Kier molecular flexibility index (Phi) is 6.21. The fourth-order valence-corrected chi connectivity index (χ4v) is 3.56. The molecule has 1 aliphatic carbocycles. The number of ether oxygens (including phenoxy) is 1. The number of hydrazine groups is 1. The van der Waals surface area contributed by atoms with Gasteiger partial charge in [0.2, 0.25) is 0 Å². The lowest BCUT2D eigenvalue weighted by Crippen LogP contribution is -2.48. The molecule has 1 heterocycles. The van der Waals surface area contributed by atoms with E-state index in [1.54, 1.807) is 0 Å². The van der Waals surface area contributed by atoms with Crippen LogP contribution in [0.4, 0.5) is 0 Å². The Labute approximate surface area is 128 Å². The minimum atomic E-state index is -0.194. The van der Waals surface area contributed by atoms with Crippen molar-refractivity contribution in [3.8, 4) is 0 Å². The van der Waals surface area contributed by atoms with Crippen LogP contribution in [0.2, 0.25) is 0 Å². The lowest BCUT2D eigenvalue weighted by Gasteiger charge is -2.39. The minimum absolute atomic E-state index is 0.0150. The molecule has 1 aromatic rings. The van der Waals surface area contributed by atoms with Crippen molar-refractivity contribution in [1.29, 1.82) is 0 Å². The zero-order chi connectivity index (χ0) is 15.1. The number of nitrogens with two attached hydrogens (primary N) is 1. The molecule has 5 nitrogen and oxygen atoms in total. The average molecular weight is 294 g/mol. The summed E-state index contributed by atoms with van der Waals surface area (Å²) in [6, 6.07) is 0.0150. The van der Waals surface area contributed by atoms with Gasteiger partial charge >= 0.3 is 0 Å². The molecule has 3 N–H and O–H groups in total. The molecule has 2 rings (SSSR count). The zero-order valence-electron chi connectivity index (χ0n) is 13.5. The predicted molar refractivity (Wildman–Crippen MR) is 84.6 cm³/mol. The second kappa shape index (κ2) is 7.92. The third kappa shape index (κ3) is 3.84. The van der Waals surface area contributed by atoms with Gasteiger partial charge in [0.1, 0.15) is 0 Å². The van der Waals surface area contributed by atoms with E-state index in [1.807, 2.05) is 10.9 Å². The average Bonchev–Trinajstić information content (AvgIpc) is 2.79. The lowest BCUT2D eigenvalue weighted by atomic mass is 9.83. The molecule has 1 saturated carbocycles. The van der Waals surface area contributed by atoms with Crippen molar-refractivity contribution in [2.75, 3.05) is 6.61 Å². The highest BCUT2D eigenvalue weighted by molar-refractivity contribution is 5.16. The van der Waals surface area contributed by atoms with Crippen LogP contribution in [-0.4, -0.2) is 22.0 Å². The van der Waals surface area contributed by atoms with Gasteiger partial charge in [-0.3, -0.25) is 10.5 Å². The van der Waals surface area contributed by atoms with Crippen molar-refractivity contribution in [2.24, 2.45) is 5.84 Å². The monoisotopic (exact) mass is 294 g/mol. The molecule has 21 heavy (non-hydrogen) atoms. The summed E-state index contributed by atoms with van der Waals surface area (Å²) >= 11 is 0. The van der Waals surface area contributed by atoms with Crippen LogP contribution in [0.1, 0.15) is 70.4 Å². The summed E-state index contributed by atoms with van der Waals surface area (Å²) < 4.78 is 8.24. The number of aromatic nitrogens is 2. The van der Waals surface area contributed by atoms with Gasteiger partial charge in [-0.05, 0) is 26.2 Å². The summed E-state index contributed by atoms with van der Waals surface area (Å²) in [4.78, 5) is 0. The number of nitrogens with one attached hydrogen (secondary N) is 1. The second-order valence-electron chi connectivity index (χ2n) is 6.05. The molecule has 1 unspecified atom stereocenters. The first-order valence-corrected chi connectivity index (χ1v) is 8.38. The molecule has 0 bridgehead atoms. The van der Waals surface area contributed by atoms with Gasteiger partial charge < -0.3 is 4.74 Å². The Morgan fingerprint density at radius 2 is 2.05 bits per heavy atom. The van der Waals surface area contributed by atoms with Gasteiger partial charge in [-0.1, -0.05) is 32.6 Å². The molecule has 0 aliphatic heterocycles. The van der Waals surface area contributed by atoms with Crippen LogP contribution in [-0.2, 0) is 11.3 Å². The second-order valence-corrected chi connectivity index (χ2v) is 6.05. The van der Waals surface area contributed by atoms with Gasteiger partial charge in [0, 0.05) is 24.9 Å². The van der Waals surface area contributed by atoms with Gasteiger partial charge in [0.25, 0.3) is 0 Å². The molecule has 0 amide bonds. The maximum atomic E-state index is 6.25. The summed E-state index contributed by atoms with van der Waals surface area (Å²) in [5.41, 5.74) is 3.96. The van der Waals surface area contributed by atoms with Crippen molar-refractivity contribution in [2.45, 2.75) is 77.0 Å². The molecule has 0 saturated heterocycles. The largest absolute Gasteiger partial charge is 0.373 e. The summed E-state index contributed by atoms with van der Waals surface area (Å²) in [5, 5.41) is 4.45. The van der Waals surface area contributed by atoms with E-state index < -0.39 is 0 Å². The first-order chi connectivity index (χ1) is 10.3. The van der Waals surface area contributed by atoms with E-state index in [1.165, 1.54) is 25.7 Å². The van der Waals surface area contributed by atoms with E-state index in [2.05, 4.69) is 30.6 Å². The van der Waals surface area contributed by atoms with Crippen LogP contribution in [0, 0.1) is 0 Å². The Balaban J connectivity index is 2.24. The van der Waals surface area contributed by atoms with E-state index in [9.17, 15) is 0 Å². The van der Waals surface area contributed by atoms with Crippen LogP contribution >= 0.6 is 0 Å². The number of hydrogen-bond acceptors (Lipinski definition) is 4. The minimum Gasteiger partial charge on any atom is -0.373 e.